The zero-order valence-electron chi connectivity index (χ0n) is 9.64. The number of aldehydes is 1. The van der Waals surface area contributed by atoms with E-state index in [0.29, 0.717) is 22.6 Å². The zero-order valence-corrected chi connectivity index (χ0v) is 10.4. The molecule has 0 aliphatic carbocycles. The smallest absolute Gasteiger partial charge is 0.249 e. The van der Waals surface area contributed by atoms with Gasteiger partial charge < -0.3 is 4.90 Å². The summed E-state index contributed by atoms with van der Waals surface area (Å²) in [6.07, 6.45) is 0.658. The summed E-state index contributed by atoms with van der Waals surface area (Å²) in [5.41, 5.74) is 0.779. The number of imide groups is 1. The van der Waals surface area contributed by atoms with Crippen LogP contribution >= 0.6 is 11.6 Å². The van der Waals surface area contributed by atoms with E-state index in [9.17, 15) is 14.4 Å². The number of rotatable bonds is 2. The average Bonchev–Trinajstić information content (AvgIpc) is 2.33. The molecule has 1 heterocycles. The van der Waals surface area contributed by atoms with Gasteiger partial charge in [0.15, 0.2) is 6.29 Å². The number of carbonyl (C=O) groups is 3. The van der Waals surface area contributed by atoms with E-state index in [1.807, 2.05) is 0 Å². The lowest BCUT2D eigenvalue weighted by Gasteiger charge is -2.34. The van der Waals surface area contributed by atoms with Crippen LogP contribution in [0.1, 0.15) is 17.3 Å². The number of halogens is 1. The Morgan fingerprint density at radius 2 is 2.17 bits per heavy atom. The minimum atomic E-state index is -0.554. The monoisotopic (exact) mass is 266 g/mol. The van der Waals surface area contributed by atoms with Crippen molar-refractivity contribution in [2.45, 2.75) is 13.0 Å². The molecule has 1 aliphatic heterocycles. The minimum Gasteiger partial charge on any atom is -0.349 e. The number of hydrogen-bond donors (Lipinski definition) is 1. The number of para-hydroxylation sites is 1. The van der Waals surface area contributed by atoms with E-state index in [4.69, 9.17) is 11.6 Å². The van der Waals surface area contributed by atoms with Crippen LogP contribution in [0.25, 0.3) is 0 Å². The molecular formula is C12H11ClN2O3. The summed E-state index contributed by atoms with van der Waals surface area (Å²) < 4.78 is 0. The van der Waals surface area contributed by atoms with Gasteiger partial charge in [-0.1, -0.05) is 17.7 Å². The third-order valence-corrected chi connectivity index (χ3v) is 3.16. The van der Waals surface area contributed by atoms with Crippen molar-refractivity contribution in [2.24, 2.45) is 0 Å². The highest BCUT2D eigenvalue weighted by Gasteiger charge is 2.32. The molecule has 1 aromatic carbocycles. The Morgan fingerprint density at radius 3 is 2.83 bits per heavy atom. The number of nitrogens with one attached hydrogen (secondary N) is 1. The SMILES string of the molecule is CC1C(=O)NC(=O)CN1c1c(Cl)cccc1C=O. The first-order chi connectivity index (χ1) is 8.54. The molecule has 2 amide bonds. The fraction of sp³-hybridized carbons (Fsp3) is 0.250. The summed E-state index contributed by atoms with van der Waals surface area (Å²) in [5, 5.41) is 2.58. The number of benzene rings is 1. The largest absolute Gasteiger partial charge is 0.349 e. The van der Waals surface area contributed by atoms with E-state index in [1.165, 1.54) is 4.90 Å². The van der Waals surface area contributed by atoms with E-state index >= 15 is 0 Å². The van der Waals surface area contributed by atoms with E-state index < -0.39 is 17.9 Å². The van der Waals surface area contributed by atoms with Crippen LogP contribution in [0.15, 0.2) is 18.2 Å². The molecule has 0 saturated carbocycles. The van der Waals surface area contributed by atoms with Gasteiger partial charge in [0, 0.05) is 5.56 Å². The molecule has 18 heavy (non-hydrogen) atoms. The summed E-state index contributed by atoms with van der Waals surface area (Å²) in [5.74, 6) is -0.808. The second kappa shape index (κ2) is 4.78. The molecular weight excluding hydrogens is 256 g/mol. The van der Waals surface area contributed by atoms with Crippen LogP contribution in [0, 0.1) is 0 Å². The molecule has 6 heteroatoms. The highest BCUT2D eigenvalue weighted by Crippen LogP contribution is 2.31. The first-order valence-electron chi connectivity index (χ1n) is 5.38. The molecule has 0 aromatic heterocycles. The summed E-state index contributed by atoms with van der Waals surface area (Å²) in [4.78, 5) is 35.6. The number of amides is 2. The predicted octanol–water partition coefficient (Wildman–Crippen LogP) is 1.00. The molecule has 5 nitrogen and oxygen atoms in total. The maximum absolute atomic E-state index is 11.6. The Bertz CT molecular complexity index is 530. The van der Waals surface area contributed by atoms with E-state index in [2.05, 4.69) is 5.32 Å². The van der Waals surface area contributed by atoms with Crippen molar-refractivity contribution in [3.05, 3.63) is 28.8 Å². The molecule has 1 aliphatic rings. The number of nitrogens with zero attached hydrogens (tertiary/aromatic N) is 1. The number of carbonyl (C=O) groups excluding carboxylic acids is 3. The van der Waals surface area contributed by atoms with Gasteiger partial charge in [0.05, 0.1) is 17.3 Å². The first-order valence-corrected chi connectivity index (χ1v) is 5.76. The molecule has 0 spiro atoms. The van der Waals surface area contributed by atoms with Crippen molar-refractivity contribution >= 4 is 35.4 Å². The van der Waals surface area contributed by atoms with Gasteiger partial charge in [0.2, 0.25) is 11.8 Å². The Labute approximate surface area is 109 Å². The van der Waals surface area contributed by atoms with Gasteiger partial charge in [-0.2, -0.15) is 0 Å². The third-order valence-electron chi connectivity index (χ3n) is 2.86. The van der Waals surface area contributed by atoms with Gasteiger partial charge >= 0.3 is 0 Å². The van der Waals surface area contributed by atoms with Crippen LogP contribution in [0.4, 0.5) is 5.69 Å². The van der Waals surface area contributed by atoms with Crippen LogP contribution in [0.5, 0.6) is 0 Å². The topological polar surface area (TPSA) is 66.5 Å². The second-order valence-electron chi connectivity index (χ2n) is 4.01. The Balaban J connectivity index is 2.50. The Morgan fingerprint density at radius 1 is 1.44 bits per heavy atom. The van der Waals surface area contributed by atoms with E-state index in [-0.39, 0.29) is 6.54 Å². The summed E-state index contributed by atoms with van der Waals surface area (Å²) in [6.45, 7) is 1.65. The quantitative estimate of drug-likeness (QED) is 0.641. The molecule has 0 radical (unpaired) electrons. The van der Waals surface area contributed by atoms with Crippen LogP contribution in [-0.2, 0) is 9.59 Å². The standard InChI is InChI=1S/C12H11ClN2O3/c1-7-12(18)14-10(17)5-15(7)11-8(6-16)3-2-4-9(11)13/h2-4,6-7H,5H2,1H3,(H,14,17,18). The number of hydrogen-bond acceptors (Lipinski definition) is 4. The predicted molar refractivity (Wildman–Crippen MR) is 66.8 cm³/mol. The summed E-state index contributed by atoms with van der Waals surface area (Å²) >= 11 is 6.06. The van der Waals surface area contributed by atoms with Crippen molar-refractivity contribution in [2.75, 3.05) is 11.4 Å². The maximum Gasteiger partial charge on any atom is 0.249 e. The molecule has 2 rings (SSSR count). The Kier molecular flexibility index (Phi) is 3.34. The van der Waals surface area contributed by atoms with E-state index in [1.54, 1.807) is 25.1 Å². The second-order valence-corrected chi connectivity index (χ2v) is 4.42. The molecule has 1 unspecified atom stereocenters. The average molecular weight is 267 g/mol. The third kappa shape index (κ3) is 2.09. The minimum absolute atomic E-state index is 0.00250. The molecule has 1 atom stereocenters. The number of piperazine rings is 1. The summed E-state index contributed by atoms with van der Waals surface area (Å²) in [7, 11) is 0. The molecule has 1 N–H and O–H groups in total. The lowest BCUT2D eigenvalue weighted by atomic mass is 10.1. The van der Waals surface area contributed by atoms with E-state index in [0.717, 1.165) is 0 Å². The van der Waals surface area contributed by atoms with Gasteiger partial charge in [0.25, 0.3) is 0 Å². The van der Waals surface area contributed by atoms with Crippen LogP contribution < -0.4 is 10.2 Å². The lowest BCUT2D eigenvalue weighted by Crippen LogP contribution is -2.57. The highest BCUT2D eigenvalue weighted by atomic mass is 35.5. The normalized spacial score (nSPS) is 19.7. The number of anilines is 1. The van der Waals surface area contributed by atoms with Crippen LogP contribution in [0.2, 0.25) is 5.02 Å². The molecule has 1 fully saturated rings. The fourth-order valence-corrected chi connectivity index (χ4v) is 2.21. The highest BCUT2D eigenvalue weighted by molar-refractivity contribution is 6.34. The van der Waals surface area contributed by atoms with Crippen molar-refractivity contribution in [1.82, 2.24) is 5.32 Å². The van der Waals surface area contributed by atoms with Gasteiger partial charge in [-0.25, -0.2) is 0 Å². The zero-order chi connectivity index (χ0) is 13.3. The maximum atomic E-state index is 11.6. The van der Waals surface area contributed by atoms with Crippen molar-refractivity contribution in [3.63, 3.8) is 0 Å². The van der Waals surface area contributed by atoms with Crippen molar-refractivity contribution in [1.29, 1.82) is 0 Å². The molecule has 1 saturated heterocycles. The van der Waals surface area contributed by atoms with Crippen LogP contribution in [-0.4, -0.2) is 30.7 Å². The molecule has 94 valence electrons. The van der Waals surface area contributed by atoms with Gasteiger partial charge in [0.1, 0.15) is 6.04 Å². The van der Waals surface area contributed by atoms with Gasteiger partial charge in [-0.3, -0.25) is 19.7 Å². The fourth-order valence-electron chi connectivity index (χ4n) is 1.92. The molecule has 0 bridgehead atoms. The molecule has 1 aromatic rings. The van der Waals surface area contributed by atoms with Gasteiger partial charge in [-0.05, 0) is 19.1 Å². The Hall–Kier alpha value is -1.88. The van der Waals surface area contributed by atoms with Crippen molar-refractivity contribution < 1.29 is 14.4 Å². The van der Waals surface area contributed by atoms with Crippen LogP contribution in [0.3, 0.4) is 0 Å². The lowest BCUT2D eigenvalue weighted by molar-refractivity contribution is -0.132. The van der Waals surface area contributed by atoms with Crippen molar-refractivity contribution in [3.8, 4) is 0 Å². The first kappa shape index (κ1) is 12.6. The van der Waals surface area contributed by atoms with Gasteiger partial charge in [-0.15, -0.1) is 0 Å². The summed E-state index contributed by atoms with van der Waals surface area (Å²) in [6, 6.07) is 4.30.